The molecule has 0 bridgehead atoms. The standard InChI is InChI=1S/C22H27ClN2O5S/c1-15(16-6-8-18(23)9-7-16)24-22(26)17-5-4-12-25(14-17)31(27,28)21-13-19(29-2)10-11-20(21)30-3/h6-11,13,15,17H,4-5,12,14H2,1-3H3,(H,24,26). The lowest BCUT2D eigenvalue weighted by Crippen LogP contribution is -2.45. The molecule has 1 heterocycles. The van der Waals surface area contributed by atoms with Crippen molar-refractivity contribution in [2.75, 3.05) is 27.3 Å². The van der Waals surface area contributed by atoms with Gasteiger partial charge in [0.1, 0.15) is 16.4 Å². The van der Waals surface area contributed by atoms with Crippen molar-refractivity contribution in [3.05, 3.63) is 53.1 Å². The number of methoxy groups -OCH3 is 2. The summed E-state index contributed by atoms with van der Waals surface area (Å²) in [4.78, 5) is 12.9. The highest BCUT2D eigenvalue weighted by molar-refractivity contribution is 7.89. The Bertz CT molecular complexity index is 1030. The number of halogens is 1. The molecule has 0 saturated carbocycles. The van der Waals surface area contributed by atoms with Crippen molar-refractivity contribution in [2.24, 2.45) is 5.92 Å². The Kier molecular flexibility index (Phi) is 7.46. The lowest BCUT2D eigenvalue weighted by Gasteiger charge is -2.32. The summed E-state index contributed by atoms with van der Waals surface area (Å²) in [5, 5.41) is 3.62. The fourth-order valence-electron chi connectivity index (χ4n) is 3.67. The highest BCUT2D eigenvalue weighted by Crippen LogP contribution is 2.33. The van der Waals surface area contributed by atoms with Crippen LogP contribution in [0.2, 0.25) is 5.02 Å². The van der Waals surface area contributed by atoms with Gasteiger partial charge < -0.3 is 14.8 Å². The smallest absolute Gasteiger partial charge is 0.246 e. The molecule has 1 saturated heterocycles. The Morgan fingerprint density at radius 3 is 2.52 bits per heavy atom. The van der Waals surface area contributed by atoms with Crippen molar-refractivity contribution in [2.45, 2.75) is 30.7 Å². The molecule has 3 rings (SSSR count). The van der Waals surface area contributed by atoms with Gasteiger partial charge in [-0.25, -0.2) is 8.42 Å². The van der Waals surface area contributed by atoms with E-state index in [1.807, 2.05) is 19.1 Å². The van der Waals surface area contributed by atoms with Gasteiger partial charge in [-0.3, -0.25) is 4.79 Å². The normalized spacial score (nSPS) is 18.3. The van der Waals surface area contributed by atoms with E-state index in [0.29, 0.717) is 30.2 Å². The molecule has 1 aliphatic rings. The zero-order valence-corrected chi connectivity index (χ0v) is 19.4. The molecule has 2 aromatic rings. The summed E-state index contributed by atoms with van der Waals surface area (Å²) in [5.74, 6) is 0.0565. The molecule has 2 unspecified atom stereocenters. The van der Waals surface area contributed by atoms with E-state index in [2.05, 4.69) is 5.32 Å². The van der Waals surface area contributed by atoms with Crippen molar-refractivity contribution >= 4 is 27.5 Å². The third kappa shape index (κ3) is 5.31. The molecule has 0 aliphatic carbocycles. The third-order valence-electron chi connectivity index (χ3n) is 5.47. The van der Waals surface area contributed by atoms with Crippen LogP contribution < -0.4 is 14.8 Å². The first kappa shape index (κ1) is 23.4. The molecule has 1 N–H and O–H groups in total. The Balaban J connectivity index is 1.75. The highest BCUT2D eigenvalue weighted by Gasteiger charge is 2.35. The minimum Gasteiger partial charge on any atom is -0.497 e. The SMILES string of the molecule is COc1ccc(OC)c(S(=O)(=O)N2CCCC(C(=O)NC(C)c3ccc(Cl)cc3)C2)c1. The molecule has 0 radical (unpaired) electrons. The lowest BCUT2D eigenvalue weighted by molar-refractivity contribution is -0.126. The summed E-state index contributed by atoms with van der Waals surface area (Å²) in [6.45, 7) is 2.35. The number of hydrogen-bond acceptors (Lipinski definition) is 5. The van der Waals surface area contributed by atoms with Crippen LogP contribution in [-0.2, 0) is 14.8 Å². The molecule has 1 fully saturated rings. The van der Waals surface area contributed by atoms with Crippen LogP contribution in [0.4, 0.5) is 0 Å². The van der Waals surface area contributed by atoms with Crippen LogP contribution in [0.15, 0.2) is 47.4 Å². The second kappa shape index (κ2) is 9.89. The molecule has 0 aromatic heterocycles. The second-order valence-electron chi connectivity index (χ2n) is 7.50. The molecule has 168 valence electrons. The molecule has 1 aliphatic heterocycles. The average Bonchev–Trinajstić information content (AvgIpc) is 2.79. The summed E-state index contributed by atoms with van der Waals surface area (Å²) in [5.41, 5.74) is 0.930. The van der Waals surface area contributed by atoms with Gasteiger partial charge >= 0.3 is 0 Å². The van der Waals surface area contributed by atoms with Crippen LogP contribution >= 0.6 is 11.6 Å². The minimum atomic E-state index is -3.86. The summed E-state index contributed by atoms with van der Waals surface area (Å²) in [6.07, 6.45) is 1.22. The van der Waals surface area contributed by atoms with Crippen molar-refractivity contribution in [1.29, 1.82) is 0 Å². The van der Waals surface area contributed by atoms with Gasteiger partial charge in [0.25, 0.3) is 0 Å². The lowest BCUT2D eigenvalue weighted by atomic mass is 9.98. The number of sulfonamides is 1. The number of benzene rings is 2. The maximum Gasteiger partial charge on any atom is 0.246 e. The summed E-state index contributed by atoms with van der Waals surface area (Å²) in [6, 6.07) is 11.7. The first-order chi connectivity index (χ1) is 14.8. The molecule has 0 spiro atoms. The van der Waals surface area contributed by atoms with Gasteiger partial charge in [-0.2, -0.15) is 4.31 Å². The van der Waals surface area contributed by atoms with Crippen LogP contribution in [0.25, 0.3) is 0 Å². The number of nitrogens with zero attached hydrogens (tertiary/aromatic N) is 1. The van der Waals surface area contributed by atoms with Crippen LogP contribution in [0.1, 0.15) is 31.4 Å². The van der Waals surface area contributed by atoms with Gasteiger partial charge in [0, 0.05) is 24.2 Å². The zero-order valence-electron chi connectivity index (χ0n) is 17.8. The van der Waals surface area contributed by atoms with E-state index in [9.17, 15) is 13.2 Å². The largest absolute Gasteiger partial charge is 0.497 e. The Morgan fingerprint density at radius 2 is 1.87 bits per heavy atom. The van der Waals surface area contributed by atoms with E-state index >= 15 is 0 Å². The molecule has 7 nitrogen and oxygen atoms in total. The predicted molar refractivity (Wildman–Crippen MR) is 119 cm³/mol. The predicted octanol–water partition coefficient (Wildman–Crippen LogP) is 3.64. The molecule has 2 atom stereocenters. The molecular weight excluding hydrogens is 440 g/mol. The number of amides is 1. The maximum atomic E-state index is 13.3. The monoisotopic (exact) mass is 466 g/mol. The van der Waals surface area contributed by atoms with Gasteiger partial charge in [-0.1, -0.05) is 23.7 Å². The van der Waals surface area contributed by atoms with Crippen LogP contribution in [0, 0.1) is 5.92 Å². The van der Waals surface area contributed by atoms with Gasteiger partial charge in [0.15, 0.2) is 0 Å². The van der Waals surface area contributed by atoms with E-state index in [4.69, 9.17) is 21.1 Å². The van der Waals surface area contributed by atoms with E-state index in [0.717, 1.165) is 5.56 Å². The fraction of sp³-hybridized carbons (Fsp3) is 0.409. The summed E-state index contributed by atoms with van der Waals surface area (Å²) < 4.78 is 38.4. The van der Waals surface area contributed by atoms with Crippen LogP contribution in [0.5, 0.6) is 11.5 Å². The van der Waals surface area contributed by atoms with Crippen molar-refractivity contribution in [3.8, 4) is 11.5 Å². The summed E-state index contributed by atoms with van der Waals surface area (Å²) >= 11 is 5.93. The number of piperidine rings is 1. The van der Waals surface area contributed by atoms with E-state index in [1.54, 1.807) is 24.3 Å². The molecular formula is C22H27ClN2O5S. The van der Waals surface area contributed by atoms with Gasteiger partial charge in [0.2, 0.25) is 15.9 Å². The molecule has 2 aromatic carbocycles. The minimum absolute atomic E-state index is 0.0324. The molecule has 1 amide bonds. The van der Waals surface area contributed by atoms with Crippen LogP contribution in [0.3, 0.4) is 0 Å². The maximum absolute atomic E-state index is 13.3. The second-order valence-corrected chi connectivity index (χ2v) is 9.84. The quantitative estimate of drug-likeness (QED) is 0.673. The van der Waals surface area contributed by atoms with Crippen LogP contribution in [-0.4, -0.2) is 45.9 Å². The third-order valence-corrected chi connectivity index (χ3v) is 7.61. The highest BCUT2D eigenvalue weighted by atomic mass is 35.5. The number of nitrogens with one attached hydrogen (secondary N) is 1. The number of hydrogen-bond donors (Lipinski definition) is 1. The molecule has 9 heteroatoms. The van der Waals surface area contributed by atoms with E-state index in [-0.39, 0.29) is 29.1 Å². The average molecular weight is 467 g/mol. The first-order valence-electron chi connectivity index (χ1n) is 10.0. The number of rotatable bonds is 7. The molecule has 31 heavy (non-hydrogen) atoms. The van der Waals surface area contributed by atoms with Gasteiger partial charge in [0.05, 0.1) is 26.2 Å². The van der Waals surface area contributed by atoms with E-state index < -0.39 is 15.9 Å². The number of ether oxygens (including phenoxy) is 2. The Labute approximate surface area is 188 Å². The summed E-state index contributed by atoms with van der Waals surface area (Å²) in [7, 11) is -0.960. The topological polar surface area (TPSA) is 84.9 Å². The fourth-order valence-corrected chi connectivity index (χ4v) is 5.49. The zero-order chi connectivity index (χ0) is 22.6. The number of carbonyl (C=O) groups is 1. The van der Waals surface area contributed by atoms with E-state index in [1.165, 1.54) is 24.6 Å². The first-order valence-corrected chi connectivity index (χ1v) is 11.9. The van der Waals surface area contributed by atoms with Crippen molar-refractivity contribution in [3.63, 3.8) is 0 Å². The van der Waals surface area contributed by atoms with Crippen molar-refractivity contribution < 1.29 is 22.7 Å². The van der Waals surface area contributed by atoms with Gasteiger partial charge in [-0.15, -0.1) is 0 Å². The Hall–Kier alpha value is -2.29. The Morgan fingerprint density at radius 1 is 1.16 bits per heavy atom. The number of carbonyl (C=O) groups excluding carboxylic acids is 1. The van der Waals surface area contributed by atoms with Crippen molar-refractivity contribution in [1.82, 2.24) is 9.62 Å². The van der Waals surface area contributed by atoms with Gasteiger partial charge in [-0.05, 0) is 49.6 Å².